The lowest BCUT2D eigenvalue weighted by molar-refractivity contribution is -0.136. The van der Waals surface area contributed by atoms with E-state index in [-0.39, 0.29) is 10.8 Å². The topological polar surface area (TPSA) is 78.6 Å². The molecule has 2 aliphatic heterocycles. The Hall–Kier alpha value is -0.300. The summed E-state index contributed by atoms with van der Waals surface area (Å²) >= 11 is 1.90. The molecule has 2 heterocycles. The van der Waals surface area contributed by atoms with Crippen molar-refractivity contribution in [2.24, 2.45) is 5.73 Å². The number of carbonyl (C=O) groups is 1. The molecule has 0 radical (unpaired) electrons. The SMILES string of the molecule is C[C@@H](O)[C@H](N)C(=O)N1CCCC2(C1)NCCS2. The molecular formula is C11H21N3O2S. The van der Waals surface area contributed by atoms with Gasteiger partial charge in [0.1, 0.15) is 6.04 Å². The Morgan fingerprint density at radius 3 is 3.00 bits per heavy atom. The van der Waals surface area contributed by atoms with Crippen LogP contribution in [0, 0.1) is 0 Å². The fraction of sp³-hybridized carbons (Fsp3) is 0.909. The summed E-state index contributed by atoms with van der Waals surface area (Å²) in [5.74, 6) is 0.971. The van der Waals surface area contributed by atoms with E-state index < -0.39 is 12.1 Å². The fourth-order valence-corrected chi connectivity index (χ4v) is 3.80. The molecule has 0 aromatic heterocycles. The molecule has 2 aliphatic rings. The van der Waals surface area contributed by atoms with Crippen molar-refractivity contribution in [3.05, 3.63) is 0 Å². The zero-order valence-corrected chi connectivity index (χ0v) is 11.0. The predicted molar refractivity (Wildman–Crippen MR) is 68.7 cm³/mol. The number of thioether (sulfide) groups is 1. The van der Waals surface area contributed by atoms with Crippen molar-refractivity contribution in [2.75, 3.05) is 25.4 Å². The van der Waals surface area contributed by atoms with Gasteiger partial charge in [0.15, 0.2) is 0 Å². The lowest BCUT2D eigenvalue weighted by Gasteiger charge is -2.41. The van der Waals surface area contributed by atoms with Gasteiger partial charge in [-0.25, -0.2) is 0 Å². The number of piperidine rings is 1. The summed E-state index contributed by atoms with van der Waals surface area (Å²) in [7, 11) is 0. The van der Waals surface area contributed by atoms with Crippen molar-refractivity contribution < 1.29 is 9.90 Å². The van der Waals surface area contributed by atoms with E-state index in [1.807, 2.05) is 11.8 Å². The number of nitrogens with zero attached hydrogens (tertiary/aromatic N) is 1. The molecule has 5 nitrogen and oxygen atoms in total. The van der Waals surface area contributed by atoms with Gasteiger partial charge in [-0.15, -0.1) is 11.8 Å². The molecule has 0 bridgehead atoms. The fourth-order valence-electron chi connectivity index (χ4n) is 2.47. The number of nitrogens with one attached hydrogen (secondary N) is 1. The molecule has 0 aliphatic carbocycles. The first-order valence-electron chi connectivity index (χ1n) is 6.15. The van der Waals surface area contributed by atoms with Crippen LogP contribution in [-0.4, -0.2) is 58.3 Å². The molecule has 6 heteroatoms. The van der Waals surface area contributed by atoms with Gasteiger partial charge in [0.05, 0.1) is 11.0 Å². The maximum absolute atomic E-state index is 12.1. The van der Waals surface area contributed by atoms with E-state index in [0.717, 1.165) is 31.7 Å². The Balaban J connectivity index is 1.99. The smallest absolute Gasteiger partial charge is 0.242 e. The van der Waals surface area contributed by atoms with Crippen LogP contribution < -0.4 is 11.1 Å². The Kier molecular flexibility index (Phi) is 3.97. The molecule has 1 spiro atoms. The average Bonchev–Trinajstić information content (AvgIpc) is 2.75. The number of hydrogen-bond acceptors (Lipinski definition) is 5. The predicted octanol–water partition coefficient (Wildman–Crippen LogP) is -0.650. The maximum Gasteiger partial charge on any atom is 0.242 e. The number of hydrogen-bond donors (Lipinski definition) is 3. The highest BCUT2D eigenvalue weighted by molar-refractivity contribution is 8.00. The molecule has 0 saturated carbocycles. The maximum atomic E-state index is 12.1. The molecule has 98 valence electrons. The van der Waals surface area contributed by atoms with Crippen LogP contribution in [0.1, 0.15) is 19.8 Å². The zero-order valence-electron chi connectivity index (χ0n) is 10.2. The molecular weight excluding hydrogens is 238 g/mol. The molecule has 1 unspecified atom stereocenters. The lowest BCUT2D eigenvalue weighted by atomic mass is 10.0. The van der Waals surface area contributed by atoms with Gasteiger partial charge in [-0.1, -0.05) is 0 Å². The molecule has 17 heavy (non-hydrogen) atoms. The molecule has 1 amide bonds. The van der Waals surface area contributed by atoms with Gasteiger partial charge in [0.2, 0.25) is 5.91 Å². The van der Waals surface area contributed by atoms with Gasteiger partial charge in [0.25, 0.3) is 0 Å². The second-order valence-corrected chi connectivity index (χ2v) is 6.38. The quantitative estimate of drug-likeness (QED) is 0.614. The third kappa shape index (κ3) is 2.76. The van der Waals surface area contributed by atoms with Gasteiger partial charge >= 0.3 is 0 Å². The molecule has 0 aromatic rings. The zero-order chi connectivity index (χ0) is 12.5. The summed E-state index contributed by atoms with van der Waals surface area (Å²) in [6.07, 6.45) is 1.31. The number of aliphatic hydroxyl groups excluding tert-OH is 1. The summed E-state index contributed by atoms with van der Waals surface area (Å²) in [6.45, 7) is 4.03. The van der Waals surface area contributed by atoms with Crippen molar-refractivity contribution in [1.29, 1.82) is 0 Å². The minimum atomic E-state index is -0.795. The van der Waals surface area contributed by atoms with Crippen LogP contribution in [-0.2, 0) is 4.79 Å². The summed E-state index contributed by atoms with van der Waals surface area (Å²) in [6, 6.07) is -0.795. The Bertz CT molecular complexity index is 292. The van der Waals surface area contributed by atoms with Gasteiger partial charge in [-0.2, -0.15) is 0 Å². The van der Waals surface area contributed by atoms with Gasteiger partial charge in [-0.3, -0.25) is 4.79 Å². The molecule has 0 aromatic carbocycles. The minimum absolute atomic E-state index is 0.0341. The van der Waals surface area contributed by atoms with Crippen LogP contribution in [0.4, 0.5) is 0 Å². The van der Waals surface area contributed by atoms with E-state index in [9.17, 15) is 9.90 Å². The summed E-state index contributed by atoms with van der Waals surface area (Å²) in [4.78, 5) is 13.9. The largest absolute Gasteiger partial charge is 0.391 e. The normalized spacial score (nSPS) is 32.8. The second kappa shape index (κ2) is 5.14. The highest BCUT2D eigenvalue weighted by Crippen LogP contribution is 2.35. The van der Waals surface area contributed by atoms with Gasteiger partial charge < -0.3 is 21.1 Å². The molecule has 2 saturated heterocycles. The molecule has 4 N–H and O–H groups in total. The Morgan fingerprint density at radius 2 is 2.41 bits per heavy atom. The van der Waals surface area contributed by atoms with Gasteiger partial charge in [-0.05, 0) is 19.8 Å². The number of amides is 1. The summed E-state index contributed by atoms with van der Waals surface area (Å²) < 4.78 is 0. The van der Waals surface area contributed by atoms with Crippen molar-refractivity contribution in [3.8, 4) is 0 Å². The van der Waals surface area contributed by atoms with Crippen LogP contribution in [0.25, 0.3) is 0 Å². The van der Waals surface area contributed by atoms with Gasteiger partial charge in [0, 0.05) is 25.4 Å². The standard InChI is InChI=1S/C11H21N3O2S/c1-8(15)9(12)10(16)14-5-2-3-11(7-14)13-4-6-17-11/h8-9,13,15H,2-7,12H2,1H3/t8-,9+,11?/m1/s1. The van der Waals surface area contributed by atoms with Crippen molar-refractivity contribution in [2.45, 2.75) is 36.8 Å². The van der Waals surface area contributed by atoms with E-state index in [1.165, 1.54) is 0 Å². The Labute approximate surface area is 106 Å². The monoisotopic (exact) mass is 259 g/mol. The van der Waals surface area contributed by atoms with E-state index in [4.69, 9.17) is 5.73 Å². The van der Waals surface area contributed by atoms with Crippen LogP contribution in [0.5, 0.6) is 0 Å². The van der Waals surface area contributed by atoms with E-state index >= 15 is 0 Å². The molecule has 3 atom stereocenters. The number of nitrogens with two attached hydrogens (primary N) is 1. The van der Waals surface area contributed by atoms with Crippen molar-refractivity contribution >= 4 is 17.7 Å². The Morgan fingerprint density at radius 1 is 1.65 bits per heavy atom. The van der Waals surface area contributed by atoms with Crippen molar-refractivity contribution in [3.63, 3.8) is 0 Å². The average molecular weight is 259 g/mol. The second-order valence-electron chi connectivity index (χ2n) is 4.90. The first-order valence-corrected chi connectivity index (χ1v) is 7.14. The first kappa shape index (κ1) is 13.1. The highest BCUT2D eigenvalue weighted by atomic mass is 32.2. The van der Waals surface area contributed by atoms with Crippen LogP contribution >= 0.6 is 11.8 Å². The minimum Gasteiger partial charge on any atom is -0.391 e. The van der Waals surface area contributed by atoms with E-state index in [1.54, 1.807) is 11.8 Å². The highest BCUT2D eigenvalue weighted by Gasteiger charge is 2.41. The van der Waals surface area contributed by atoms with Crippen LogP contribution in [0.15, 0.2) is 0 Å². The molecule has 2 fully saturated rings. The number of carbonyl (C=O) groups excluding carboxylic acids is 1. The summed E-state index contributed by atoms with van der Waals surface area (Å²) in [5, 5.41) is 12.9. The lowest BCUT2D eigenvalue weighted by Crippen LogP contribution is -2.58. The summed E-state index contributed by atoms with van der Waals surface area (Å²) in [5.41, 5.74) is 5.71. The third-order valence-electron chi connectivity index (χ3n) is 3.50. The number of rotatable bonds is 2. The number of aliphatic hydroxyl groups is 1. The van der Waals surface area contributed by atoms with Crippen molar-refractivity contribution in [1.82, 2.24) is 10.2 Å². The van der Waals surface area contributed by atoms with E-state index in [2.05, 4.69) is 5.32 Å². The molecule has 2 rings (SSSR count). The van der Waals surface area contributed by atoms with Crippen LogP contribution in [0.2, 0.25) is 0 Å². The third-order valence-corrected chi connectivity index (χ3v) is 4.94. The van der Waals surface area contributed by atoms with Crippen LogP contribution in [0.3, 0.4) is 0 Å². The van der Waals surface area contributed by atoms with E-state index in [0.29, 0.717) is 6.54 Å². The number of likely N-dealkylation sites (tertiary alicyclic amines) is 1. The first-order chi connectivity index (χ1) is 8.04.